The molecule has 0 heterocycles. The molecule has 0 fully saturated rings. The van der Waals surface area contributed by atoms with Crippen molar-refractivity contribution < 1.29 is 14.6 Å². The van der Waals surface area contributed by atoms with E-state index >= 15 is 0 Å². The van der Waals surface area contributed by atoms with Crippen molar-refractivity contribution in [3.63, 3.8) is 0 Å². The first kappa shape index (κ1) is 12.0. The van der Waals surface area contributed by atoms with Gasteiger partial charge in [0.05, 0.1) is 0 Å². The van der Waals surface area contributed by atoms with Gasteiger partial charge in [-0.2, -0.15) is 0 Å². The van der Waals surface area contributed by atoms with E-state index in [2.05, 4.69) is 21.2 Å². The second-order valence-electron chi connectivity index (χ2n) is 2.90. The number of rotatable bonds is 5. The molecule has 0 spiro atoms. The summed E-state index contributed by atoms with van der Waals surface area (Å²) in [6.45, 7) is 1.11. The molecule has 0 saturated carbocycles. The number of aromatic carboxylic acids is 1. The summed E-state index contributed by atoms with van der Waals surface area (Å²) in [6.07, 6.45) is 0. The van der Waals surface area contributed by atoms with E-state index in [-0.39, 0.29) is 5.56 Å². The minimum atomic E-state index is -0.984. The standard InChI is InChI=1S/C10H12BrNO3/c1-12-4-5-15-9-6-7(11)2-3-8(9)10(13)14/h2-3,6,12H,4-5H2,1H3,(H,13,14). The van der Waals surface area contributed by atoms with Gasteiger partial charge in [-0.05, 0) is 25.2 Å². The summed E-state index contributed by atoms with van der Waals surface area (Å²) < 4.78 is 6.14. The van der Waals surface area contributed by atoms with Crippen LogP contribution in [0.2, 0.25) is 0 Å². The van der Waals surface area contributed by atoms with E-state index in [1.807, 2.05) is 7.05 Å². The lowest BCUT2D eigenvalue weighted by atomic mass is 10.2. The second kappa shape index (κ2) is 5.72. The van der Waals surface area contributed by atoms with E-state index in [1.54, 1.807) is 12.1 Å². The highest BCUT2D eigenvalue weighted by atomic mass is 79.9. The number of carbonyl (C=O) groups is 1. The summed E-state index contributed by atoms with van der Waals surface area (Å²) in [5, 5.41) is 11.8. The number of hydrogen-bond donors (Lipinski definition) is 2. The topological polar surface area (TPSA) is 58.6 Å². The highest BCUT2D eigenvalue weighted by Gasteiger charge is 2.11. The van der Waals surface area contributed by atoms with Crippen LogP contribution in [0.5, 0.6) is 5.75 Å². The van der Waals surface area contributed by atoms with Crippen LogP contribution < -0.4 is 10.1 Å². The van der Waals surface area contributed by atoms with Crippen LogP contribution in [0.25, 0.3) is 0 Å². The average molecular weight is 274 g/mol. The molecule has 0 aromatic heterocycles. The molecule has 0 bridgehead atoms. The molecule has 2 N–H and O–H groups in total. The monoisotopic (exact) mass is 273 g/mol. The Kier molecular flexibility index (Phi) is 4.58. The van der Waals surface area contributed by atoms with Gasteiger partial charge in [0.2, 0.25) is 0 Å². The molecule has 5 heteroatoms. The van der Waals surface area contributed by atoms with Crippen molar-refractivity contribution in [2.45, 2.75) is 0 Å². The molecule has 0 unspecified atom stereocenters. The molecule has 0 aliphatic heterocycles. The Hall–Kier alpha value is -1.07. The SMILES string of the molecule is CNCCOc1cc(Br)ccc1C(=O)O. The van der Waals surface area contributed by atoms with Crippen molar-refractivity contribution in [1.82, 2.24) is 5.32 Å². The van der Waals surface area contributed by atoms with Crippen molar-refractivity contribution in [2.75, 3.05) is 20.2 Å². The predicted octanol–water partition coefficient (Wildman–Crippen LogP) is 1.75. The van der Waals surface area contributed by atoms with Gasteiger partial charge in [-0.25, -0.2) is 4.79 Å². The zero-order valence-corrected chi connectivity index (χ0v) is 9.87. The van der Waals surface area contributed by atoms with E-state index < -0.39 is 5.97 Å². The fraction of sp³-hybridized carbons (Fsp3) is 0.300. The van der Waals surface area contributed by atoms with Gasteiger partial charge in [-0.1, -0.05) is 15.9 Å². The van der Waals surface area contributed by atoms with Crippen LogP contribution in [0.15, 0.2) is 22.7 Å². The van der Waals surface area contributed by atoms with Gasteiger partial charge in [-0.15, -0.1) is 0 Å². The van der Waals surface area contributed by atoms with Crippen LogP contribution in [0.4, 0.5) is 0 Å². The molecule has 0 radical (unpaired) electrons. The third-order valence-electron chi connectivity index (χ3n) is 1.78. The molecule has 0 saturated heterocycles. The fourth-order valence-corrected chi connectivity index (χ4v) is 1.40. The number of ether oxygens (including phenoxy) is 1. The Morgan fingerprint density at radius 3 is 2.93 bits per heavy atom. The van der Waals surface area contributed by atoms with Gasteiger partial charge in [0.25, 0.3) is 0 Å². The zero-order chi connectivity index (χ0) is 11.3. The van der Waals surface area contributed by atoms with Crippen molar-refractivity contribution >= 4 is 21.9 Å². The molecule has 0 aliphatic carbocycles. The normalized spacial score (nSPS) is 10.0. The summed E-state index contributed by atoms with van der Waals surface area (Å²) >= 11 is 3.27. The average Bonchev–Trinajstić information content (AvgIpc) is 2.18. The molecule has 0 atom stereocenters. The maximum absolute atomic E-state index is 10.9. The number of carboxylic acids is 1. The molecule has 82 valence electrons. The third kappa shape index (κ3) is 3.53. The minimum Gasteiger partial charge on any atom is -0.491 e. The Bertz CT molecular complexity index is 355. The van der Waals surface area contributed by atoms with Gasteiger partial charge in [0.15, 0.2) is 0 Å². The lowest BCUT2D eigenvalue weighted by Crippen LogP contribution is -2.17. The lowest BCUT2D eigenvalue weighted by Gasteiger charge is -2.09. The number of likely N-dealkylation sites (N-methyl/N-ethyl adjacent to an activating group) is 1. The van der Waals surface area contributed by atoms with E-state index in [1.165, 1.54) is 6.07 Å². The summed E-state index contributed by atoms with van der Waals surface area (Å²) in [6, 6.07) is 4.84. The van der Waals surface area contributed by atoms with E-state index in [0.29, 0.717) is 18.9 Å². The highest BCUT2D eigenvalue weighted by Crippen LogP contribution is 2.23. The van der Waals surface area contributed by atoms with Crippen LogP contribution in [0.3, 0.4) is 0 Å². The smallest absolute Gasteiger partial charge is 0.339 e. The Balaban J connectivity index is 2.82. The number of halogens is 1. The maximum Gasteiger partial charge on any atom is 0.339 e. The number of carboxylic acid groups (broad SMARTS) is 1. The molecular formula is C10H12BrNO3. The minimum absolute atomic E-state index is 0.175. The lowest BCUT2D eigenvalue weighted by molar-refractivity contribution is 0.0692. The molecule has 1 aromatic rings. The molecule has 1 aromatic carbocycles. The summed E-state index contributed by atoms with van der Waals surface area (Å²) in [5.41, 5.74) is 0.175. The third-order valence-corrected chi connectivity index (χ3v) is 2.28. The number of hydrogen-bond acceptors (Lipinski definition) is 3. The Morgan fingerprint density at radius 2 is 2.33 bits per heavy atom. The number of nitrogens with one attached hydrogen (secondary N) is 1. The summed E-state index contributed by atoms with van der Waals surface area (Å²) in [5.74, 6) is -0.603. The van der Waals surface area contributed by atoms with Crippen molar-refractivity contribution in [3.8, 4) is 5.75 Å². The van der Waals surface area contributed by atoms with E-state index in [0.717, 1.165) is 4.47 Å². The van der Waals surface area contributed by atoms with Gasteiger partial charge in [0.1, 0.15) is 17.9 Å². The van der Waals surface area contributed by atoms with Crippen LogP contribution in [-0.4, -0.2) is 31.3 Å². The quantitative estimate of drug-likeness (QED) is 0.803. The van der Waals surface area contributed by atoms with Gasteiger partial charge >= 0.3 is 5.97 Å². The van der Waals surface area contributed by atoms with E-state index in [4.69, 9.17) is 9.84 Å². The summed E-state index contributed by atoms with van der Waals surface area (Å²) in [7, 11) is 1.81. The summed E-state index contributed by atoms with van der Waals surface area (Å²) in [4.78, 5) is 10.9. The first-order valence-electron chi connectivity index (χ1n) is 4.45. The molecule has 0 amide bonds. The van der Waals surface area contributed by atoms with Gasteiger partial charge in [0, 0.05) is 11.0 Å². The predicted molar refractivity (Wildman–Crippen MR) is 60.5 cm³/mol. The Labute approximate surface area is 96.4 Å². The van der Waals surface area contributed by atoms with Gasteiger partial charge < -0.3 is 15.2 Å². The van der Waals surface area contributed by atoms with Crippen molar-refractivity contribution in [1.29, 1.82) is 0 Å². The largest absolute Gasteiger partial charge is 0.491 e. The first-order chi connectivity index (χ1) is 7.15. The van der Waals surface area contributed by atoms with Crippen molar-refractivity contribution in [3.05, 3.63) is 28.2 Å². The fourth-order valence-electron chi connectivity index (χ4n) is 1.06. The molecule has 0 aliphatic rings. The molecule has 1 rings (SSSR count). The van der Waals surface area contributed by atoms with Crippen LogP contribution in [0, 0.1) is 0 Å². The van der Waals surface area contributed by atoms with Crippen molar-refractivity contribution in [2.24, 2.45) is 0 Å². The molecular weight excluding hydrogens is 262 g/mol. The second-order valence-corrected chi connectivity index (χ2v) is 3.81. The first-order valence-corrected chi connectivity index (χ1v) is 5.24. The van der Waals surface area contributed by atoms with Crippen LogP contribution >= 0.6 is 15.9 Å². The highest BCUT2D eigenvalue weighted by molar-refractivity contribution is 9.10. The maximum atomic E-state index is 10.9. The number of benzene rings is 1. The van der Waals surface area contributed by atoms with Crippen LogP contribution in [-0.2, 0) is 0 Å². The molecule has 15 heavy (non-hydrogen) atoms. The molecule has 4 nitrogen and oxygen atoms in total. The van der Waals surface area contributed by atoms with E-state index in [9.17, 15) is 4.79 Å². The Morgan fingerprint density at radius 1 is 1.60 bits per heavy atom. The zero-order valence-electron chi connectivity index (χ0n) is 8.29. The van der Waals surface area contributed by atoms with Gasteiger partial charge in [-0.3, -0.25) is 0 Å². The van der Waals surface area contributed by atoms with Crippen LogP contribution in [0.1, 0.15) is 10.4 Å².